The lowest BCUT2D eigenvalue weighted by atomic mass is 10.1. The van der Waals surface area contributed by atoms with E-state index in [0.717, 1.165) is 5.56 Å². The molecule has 0 fully saturated rings. The summed E-state index contributed by atoms with van der Waals surface area (Å²) in [7, 11) is 0. The van der Waals surface area contributed by atoms with Crippen molar-refractivity contribution < 1.29 is 4.39 Å². The predicted molar refractivity (Wildman–Crippen MR) is 79.5 cm³/mol. The van der Waals surface area contributed by atoms with E-state index in [2.05, 4.69) is 5.32 Å². The van der Waals surface area contributed by atoms with E-state index < -0.39 is 5.82 Å². The van der Waals surface area contributed by atoms with Gasteiger partial charge < -0.3 is 11.1 Å². The molecule has 0 radical (unpaired) electrons. The second-order valence-electron chi connectivity index (χ2n) is 4.11. The average molecular weight is 299 g/mol. The third-order valence-corrected chi connectivity index (χ3v) is 3.36. The number of benzene rings is 2. The summed E-state index contributed by atoms with van der Waals surface area (Å²) in [4.78, 5) is 0. The third-order valence-electron chi connectivity index (χ3n) is 2.78. The first-order valence-electron chi connectivity index (χ1n) is 5.79. The zero-order valence-corrected chi connectivity index (χ0v) is 11.6. The summed E-state index contributed by atoms with van der Waals surface area (Å²) in [5, 5.41) is 4.32. The number of nitrogens with one attached hydrogen (secondary N) is 1. The summed E-state index contributed by atoms with van der Waals surface area (Å²) in [6, 6.07) is 10.1. The van der Waals surface area contributed by atoms with E-state index in [1.807, 2.05) is 6.07 Å². The third kappa shape index (κ3) is 3.52. The molecule has 3 N–H and O–H groups in total. The summed E-state index contributed by atoms with van der Waals surface area (Å²) in [6.07, 6.45) is 0.700. The molecule has 0 unspecified atom stereocenters. The van der Waals surface area contributed by atoms with Crippen molar-refractivity contribution in [3.05, 3.63) is 57.8 Å². The lowest BCUT2D eigenvalue weighted by Gasteiger charge is -2.10. The maximum absolute atomic E-state index is 13.2. The van der Waals surface area contributed by atoms with Crippen LogP contribution in [-0.2, 0) is 6.42 Å². The number of nitrogens with two attached hydrogens (primary N) is 1. The molecule has 0 aliphatic rings. The first-order valence-corrected chi connectivity index (χ1v) is 6.55. The molecule has 0 amide bonds. The highest BCUT2D eigenvalue weighted by Gasteiger charge is 2.05. The maximum atomic E-state index is 13.2. The molecular weight excluding hydrogens is 286 g/mol. The Morgan fingerprint density at radius 2 is 1.95 bits per heavy atom. The molecule has 0 aliphatic heterocycles. The number of para-hydroxylation sites is 1. The second kappa shape index (κ2) is 6.13. The lowest BCUT2D eigenvalue weighted by Crippen LogP contribution is -2.08. The van der Waals surface area contributed by atoms with Gasteiger partial charge in [-0.3, -0.25) is 0 Å². The number of hydrogen-bond donors (Lipinski definition) is 2. The van der Waals surface area contributed by atoms with E-state index in [-0.39, 0.29) is 5.69 Å². The minimum absolute atomic E-state index is 0.129. The van der Waals surface area contributed by atoms with Gasteiger partial charge in [0, 0.05) is 16.6 Å². The summed E-state index contributed by atoms with van der Waals surface area (Å²) in [5.74, 6) is -0.422. The van der Waals surface area contributed by atoms with Gasteiger partial charge in [-0.15, -0.1) is 0 Å². The molecule has 0 saturated heterocycles. The number of anilines is 2. The molecule has 0 heterocycles. The molecule has 2 nitrogen and oxygen atoms in total. The van der Waals surface area contributed by atoms with Crippen LogP contribution in [0.25, 0.3) is 0 Å². The van der Waals surface area contributed by atoms with Gasteiger partial charge in [-0.25, -0.2) is 4.39 Å². The predicted octanol–water partition coefficient (Wildman–Crippen LogP) is 4.37. The Morgan fingerprint density at radius 1 is 1.16 bits per heavy atom. The highest BCUT2D eigenvalue weighted by atomic mass is 35.5. The van der Waals surface area contributed by atoms with E-state index in [4.69, 9.17) is 28.9 Å². The van der Waals surface area contributed by atoms with Crippen molar-refractivity contribution in [1.29, 1.82) is 0 Å². The summed E-state index contributed by atoms with van der Waals surface area (Å²) in [5.41, 5.74) is 7.33. The molecule has 2 rings (SSSR count). The van der Waals surface area contributed by atoms with Gasteiger partial charge >= 0.3 is 0 Å². The topological polar surface area (TPSA) is 38.0 Å². The summed E-state index contributed by atoms with van der Waals surface area (Å²) >= 11 is 11.9. The van der Waals surface area contributed by atoms with E-state index in [1.54, 1.807) is 24.3 Å². The zero-order valence-electron chi connectivity index (χ0n) is 10.1. The van der Waals surface area contributed by atoms with E-state index in [1.165, 1.54) is 6.07 Å². The average Bonchev–Trinajstić information content (AvgIpc) is 2.37. The lowest BCUT2D eigenvalue weighted by molar-refractivity contribution is 0.633. The van der Waals surface area contributed by atoms with Crippen molar-refractivity contribution in [2.45, 2.75) is 6.42 Å². The van der Waals surface area contributed by atoms with Gasteiger partial charge in [-0.1, -0.05) is 35.3 Å². The van der Waals surface area contributed by atoms with Crippen LogP contribution >= 0.6 is 23.2 Å². The minimum atomic E-state index is -0.422. The van der Waals surface area contributed by atoms with Crippen LogP contribution in [0.1, 0.15) is 5.56 Å². The number of rotatable bonds is 4. The Hall–Kier alpha value is -1.45. The molecule has 0 aliphatic carbocycles. The molecule has 0 saturated carbocycles. The number of halogens is 3. The van der Waals surface area contributed by atoms with Gasteiger partial charge in [0.25, 0.3) is 0 Å². The highest BCUT2D eigenvalue weighted by Crippen LogP contribution is 2.23. The molecule has 2 aromatic carbocycles. The van der Waals surface area contributed by atoms with Crippen LogP contribution < -0.4 is 11.1 Å². The SMILES string of the molecule is Nc1c(F)cccc1NCCc1ccc(Cl)cc1Cl. The van der Waals surface area contributed by atoms with E-state index in [0.29, 0.717) is 28.7 Å². The molecule has 2 aromatic rings. The Bertz CT molecular complexity index is 588. The first kappa shape index (κ1) is 14.0. The monoisotopic (exact) mass is 298 g/mol. The second-order valence-corrected chi connectivity index (χ2v) is 4.96. The molecular formula is C14H13Cl2FN2. The largest absolute Gasteiger partial charge is 0.395 e. The van der Waals surface area contributed by atoms with Gasteiger partial charge in [-0.05, 0) is 36.2 Å². The number of hydrogen-bond acceptors (Lipinski definition) is 2. The standard InChI is InChI=1S/C14H13Cl2FN2/c15-10-5-4-9(11(16)8-10)6-7-19-13-3-1-2-12(17)14(13)18/h1-5,8,19H,6-7,18H2. The van der Waals surface area contributed by atoms with Crippen LogP contribution in [0.15, 0.2) is 36.4 Å². The van der Waals surface area contributed by atoms with Crippen molar-refractivity contribution in [3.8, 4) is 0 Å². The Labute approximate surface area is 121 Å². The van der Waals surface area contributed by atoms with Crippen LogP contribution in [0.4, 0.5) is 15.8 Å². The summed E-state index contributed by atoms with van der Waals surface area (Å²) < 4.78 is 13.2. The Balaban J connectivity index is 1.98. The Kier molecular flexibility index (Phi) is 4.51. The van der Waals surface area contributed by atoms with Crippen molar-refractivity contribution in [2.75, 3.05) is 17.6 Å². The van der Waals surface area contributed by atoms with E-state index in [9.17, 15) is 4.39 Å². The fourth-order valence-electron chi connectivity index (χ4n) is 1.75. The van der Waals surface area contributed by atoms with E-state index >= 15 is 0 Å². The van der Waals surface area contributed by atoms with Gasteiger partial charge in [0.2, 0.25) is 0 Å². The molecule has 19 heavy (non-hydrogen) atoms. The van der Waals surface area contributed by atoms with Gasteiger partial charge in [-0.2, -0.15) is 0 Å². The number of nitrogen functional groups attached to an aromatic ring is 1. The molecule has 0 atom stereocenters. The molecule has 100 valence electrons. The van der Waals surface area contributed by atoms with Crippen LogP contribution in [0.3, 0.4) is 0 Å². The van der Waals surface area contributed by atoms with Gasteiger partial charge in [0.05, 0.1) is 11.4 Å². The Morgan fingerprint density at radius 3 is 2.68 bits per heavy atom. The van der Waals surface area contributed by atoms with Crippen molar-refractivity contribution in [1.82, 2.24) is 0 Å². The van der Waals surface area contributed by atoms with Crippen molar-refractivity contribution in [3.63, 3.8) is 0 Å². The van der Waals surface area contributed by atoms with Crippen LogP contribution in [-0.4, -0.2) is 6.54 Å². The molecule has 0 bridgehead atoms. The molecule has 0 spiro atoms. The van der Waals surface area contributed by atoms with Gasteiger partial charge in [0.15, 0.2) is 0 Å². The smallest absolute Gasteiger partial charge is 0.148 e. The van der Waals surface area contributed by atoms with Crippen molar-refractivity contribution in [2.24, 2.45) is 0 Å². The molecule has 5 heteroatoms. The quantitative estimate of drug-likeness (QED) is 0.823. The van der Waals surface area contributed by atoms with Crippen molar-refractivity contribution >= 4 is 34.6 Å². The zero-order chi connectivity index (χ0) is 13.8. The summed E-state index contributed by atoms with van der Waals surface area (Å²) in [6.45, 7) is 0.606. The highest BCUT2D eigenvalue weighted by molar-refractivity contribution is 6.35. The fourth-order valence-corrected chi connectivity index (χ4v) is 2.25. The van der Waals surface area contributed by atoms with Gasteiger partial charge in [0.1, 0.15) is 5.82 Å². The van der Waals surface area contributed by atoms with Crippen LogP contribution in [0, 0.1) is 5.82 Å². The fraction of sp³-hybridized carbons (Fsp3) is 0.143. The minimum Gasteiger partial charge on any atom is -0.395 e. The first-order chi connectivity index (χ1) is 9.08. The van der Waals surface area contributed by atoms with Crippen LogP contribution in [0.5, 0.6) is 0 Å². The normalized spacial score (nSPS) is 10.5. The van der Waals surface area contributed by atoms with Crippen LogP contribution in [0.2, 0.25) is 10.0 Å². The maximum Gasteiger partial charge on any atom is 0.148 e. The molecule has 0 aromatic heterocycles.